The van der Waals surface area contributed by atoms with Gasteiger partial charge in [0.1, 0.15) is 0 Å². The molecule has 110 valence electrons. The van der Waals surface area contributed by atoms with Gasteiger partial charge in [-0.3, -0.25) is 4.79 Å². The molecule has 0 radical (unpaired) electrons. The second-order valence-corrected chi connectivity index (χ2v) is 6.69. The van der Waals surface area contributed by atoms with Gasteiger partial charge in [-0.15, -0.1) is 11.3 Å². The highest BCUT2D eigenvalue weighted by Crippen LogP contribution is 2.31. The smallest absolute Gasteiger partial charge is 0.255 e. The lowest BCUT2D eigenvalue weighted by atomic mass is 9.95. The van der Waals surface area contributed by atoms with Crippen molar-refractivity contribution in [2.45, 2.75) is 51.6 Å². The number of thiophene rings is 1. The Morgan fingerprint density at radius 2 is 2.25 bits per heavy atom. The van der Waals surface area contributed by atoms with E-state index in [9.17, 15) is 4.79 Å². The maximum Gasteiger partial charge on any atom is 0.255 e. The van der Waals surface area contributed by atoms with Gasteiger partial charge in [0.05, 0.1) is 11.7 Å². The molecule has 1 aromatic rings. The molecule has 0 spiro atoms. The Bertz CT molecular complexity index is 481. The van der Waals surface area contributed by atoms with E-state index >= 15 is 0 Å². The molecule has 1 atom stereocenters. The number of carbonyl (C=O) groups excluding carboxylic acids is 1. The SMILES string of the molecule is CCOC1CCCN(C(=O)c2csc3c2CCCC3)C1. The van der Waals surface area contributed by atoms with Gasteiger partial charge in [0.2, 0.25) is 0 Å². The normalized spacial score (nSPS) is 22.6. The van der Waals surface area contributed by atoms with E-state index in [1.165, 1.54) is 23.3 Å². The fourth-order valence-electron chi connectivity index (χ4n) is 3.34. The van der Waals surface area contributed by atoms with Gasteiger partial charge in [-0.05, 0) is 51.0 Å². The molecule has 1 aliphatic carbocycles. The number of aryl methyl sites for hydroxylation is 1. The second kappa shape index (κ2) is 6.27. The maximum absolute atomic E-state index is 12.8. The number of hydrogen-bond donors (Lipinski definition) is 0. The van der Waals surface area contributed by atoms with Crippen LogP contribution in [-0.4, -0.2) is 36.6 Å². The van der Waals surface area contributed by atoms with Gasteiger partial charge in [-0.1, -0.05) is 0 Å². The third kappa shape index (κ3) is 2.77. The molecule has 3 rings (SSSR count). The Balaban J connectivity index is 1.73. The zero-order chi connectivity index (χ0) is 13.9. The topological polar surface area (TPSA) is 29.5 Å². The van der Waals surface area contributed by atoms with Gasteiger partial charge >= 0.3 is 0 Å². The van der Waals surface area contributed by atoms with E-state index in [0.717, 1.165) is 50.9 Å². The predicted octanol–water partition coefficient (Wildman–Crippen LogP) is 3.27. The predicted molar refractivity (Wildman–Crippen MR) is 81.5 cm³/mol. The number of carbonyl (C=O) groups is 1. The van der Waals surface area contributed by atoms with Crippen LogP contribution in [0.1, 0.15) is 53.4 Å². The van der Waals surface area contributed by atoms with Crippen molar-refractivity contribution < 1.29 is 9.53 Å². The molecular weight excluding hydrogens is 270 g/mol. The molecule has 1 aromatic heterocycles. The molecule has 0 bridgehead atoms. The molecule has 1 unspecified atom stereocenters. The van der Waals surface area contributed by atoms with Gasteiger partial charge in [0.15, 0.2) is 0 Å². The van der Waals surface area contributed by atoms with E-state index in [1.807, 2.05) is 11.8 Å². The van der Waals surface area contributed by atoms with Crippen molar-refractivity contribution >= 4 is 17.2 Å². The lowest BCUT2D eigenvalue weighted by molar-refractivity contribution is 0.00722. The number of nitrogens with zero attached hydrogens (tertiary/aromatic N) is 1. The fraction of sp³-hybridized carbons (Fsp3) is 0.688. The summed E-state index contributed by atoms with van der Waals surface area (Å²) in [4.78, 5) is 16.2. The van der Waals surface area contributed by atoms with Crippen molar-refractivity contribution in [1.82, 2.24) is 4.90 Å². The third-order valence-corrected chi connectivity index (χ3v) is 5.45. The van der Waals surface area contributed by atoms with Crippen LogP contribution in [0.15, 0.2) is 5.38 Å². The molecule has 3 nitrogen and oxygen atoms in total. The average Bonchev–Trinajstić information content (AvgIpc) is 2.91. The summed E-state index contributed by atoms with van der Waals surface area (Å²) in [6, 6.07) is 0. The average molecular weight is 293 g/mol. The number of hydrogen-bond acceptors (Lipinski definition) is 3. The van der Waals surface area contributed by atoms with Crippen LogP contribution in [0.5, 0.6) is 0 Å². The monoisotopic (exact) mass is 293 g/mol. The van der Waals surface area contributed by atoms with Crippen LogP contribution in [0, 0.1) is 0 Å². The van der Waals surface area contributed by atoms with Crippen LogP contribution >= 0.6 is 11.3 Å². The van der Waals surface area contributed by atoms with Crippen molar-refractivity contribution in [3.05, 3.63) is 21.4 Å². The highest BCUT2D eigenvalue weighted by atomic mass is 32.1. The van der Waals surface area contributed by atoms with E-state index in [0.29, 0.717) is 0 Å². The number of amides is 1. The van der Waals surface area contributed by atoms with E-state index in [2.05, 4.69) is 5.38 Å². The summed E-state index contributed by atoms with van der Waals surface area (Å²) in [6.45, 7) is 4.40. The number of likely N-dealkylation sites (tertiary alicyclic amines) is 1. The number of ether oxygens (including phenoxy) is 1. The molecule has 1 saturated heterocycles. The summed E-state index contributed by atoms with van der Waals surface area (Å²) < 4.78 is 5.70. The minimum atomic E-state index is 0.229. The highest BCUT2D eigenvalue weighted by molar-refractivity contribution is 7.10. The van der Waals surface area contributed by atoms with Crippen molar-refractivity contribution in [2.24, 2.45) is 0 Å². The third-order valence-electron chi connectivity index (χ3n) is 4.36. The molecule has 20 heavy (non-hydrogen) atoms. The van der Waals surface area contributed by atoms with Crippen LogP contribution in [0.2, 0.25) is 0 Å². The number of rotatable bonds is 3. The lowest BCUT2D eigenvalue weighted by Crippen LogP contribution is -2.43. The van der Waals surface area contributed by atoms with E-state index in [-0.39, 0.29) is 12.0 Å². The van der Waals surface area contributed by atoms with Gasteiger partial charge in [0, 0.05) is 30.0 Å². The molecule has 0 N–H and O–H groups in total. The first-order valence-corrected chi connectivity index (χ1v) is 8.67. The summed E-state index contributed by atoms with van der Waals surface area (Å²) in [5.74, 6) is 0.230. The van der Waals surface area contributed by atoms with Crippen LogP contribution in [-0.2, 0) is 17.6 Å². The van der Waals surface area contributed by atoms with Gasteiger partial charge in [-0.2, -0.15) is 0 Å². The van der Waals surface area contributed by atoms with E-state index in [4.69, 9.17) is 4.74 Å². The summed E-state index contributed by atoms with van der Waals surface area (Å²) in [7, 11) is 0. The first-order chi connectivity index (χ1) is 9.79. The van der Waals surface area contributed by atoms with Crippen molar-refractivity contribution in [1.29, 1.82) is 0 Å². The largest absolute Gasteiger partial charge is 0.377 e. The molecule has 1 aliphatic heterocycles. The fourth-order valence-corrected chi connectivity index (χ4v) is 4.46. The number of fused-ring (bicyclic) bond motifs is 1. The molecule has 1 fully saturated rings. The van der Waals surface area contributed by atoms with Crippen LogP contribution in [0.4, 0.5) is 0 Å². The molecule has 0 aromatic carbocycles. The van der Waals surface area contributed by atoms with E-state index in [1.54, 1.807) is 11.3 Å². The molecule has 1 amide bonds. The molecule has 0 saturated carbocycles. The summed E-state index contributed by atoms with van der Waals surface area (Å²) in [6.07, 6.45) is 7.12. The zero-order valence-corrected chi connectivity index (χ0v) is 13.0. The quantitative estimate of drug-likeness (QED) is 0.856. The molecular formula is C16H23NO2S. The van der Waals surface area contributed by atoms with Crippen molar-refractivity contribution in [3.8, 4) is 0 Å². The standard InChI is InChI=1S/C16H23NO2S/c1-2-19-12-6-5-9-17(10-12)16(18)14-11-20-15-8-4-3-7-13(14)15/h11-12H,2-10H2,1H3. The summed E-state index contributed by atoms with van der Waals surface area (Å²) >= 11 is 1.78. The first kappa shape index (κ1) is 14.1. The van der Waals surface area contributed by atoms with Crippen LogP contribution in [0.3, 0.4) is 0 Å². The minimum Gasteiger partial charge on any atom is -0.377 e. The van der Waals surface area contributed by atoms with Crippen LogP contribution < -0.4 is 0 Å². The minimum absolute atomic E-state index is 0.229. The van der Waals surface area contributed by atoms with Crippen molar-refractivity contribution in [3.63, 3.8) is 0 Å². The first-order valence-electron chi connectivity index (χ1n) is 7.79. The van der Waals surface area contributed by atoms with Gasteiger partial charge in [-0.25, -0.2) is 0 Å². The van der Waals surface area contributed by atoms with Gasteiger partial charge < -0.3 is 9.64 Å². The van der Waals surface area contributed by atoms with Gasteiger partial charge in [0.25, 0.3) is 5.91 Å². The Hall–Kier alpha value is -0.870. The Kier molecular flexibility index (Phi) is 4.41. The zero-order valence-electron chi connectivity index (χ0n) is 12.2. The maximum atomic E-state index is 12.8. The van der Waals surface area contributed by atoms with Crippen LogP contribution in [0.25, 0.3) is 0 Å². The van der Waals surface area contributed by atoms with Crippen molar-refractivity contribution in [2.75, 3.05) is 19.7 Å². The Morgan fingerprint density at radius 3 is 3.10 bits per heavy atom. The number of piperidine rings is 1. The lowest BCUT2D eigenvalue weighted by Gasteiger charge is -2.32. The molecule has 4 heteroatoms. The molecule has 2 aliphatic rings. The second-order valence-electron chi connectivity index (χ2n) is 5.73. The summed E-state index contributed by atoms with van der Waals surface area (Å²) in [5.41, 5.74) is 2.31. The Morgan fingerprint density at radius 1 is 1.40 bits per heavy atom. The van der Waals surface area contributed by atoms with E-state index < -0.39 is 0 Å². The Labute approximate surface area is 124 Å². The highest BCUT2D eigenvalue weighted by Gasteiger charge is 2.28. The summed E-state index contributed by atoms with van der Waals surface area (Å²) in [5, 5.41) is 2.09. The molecule has 2 heterocycles.